The molecule has 6 nitrogen and oxygen atoms in total. The maximum Gasteiger partial charge on any atom is 0.145 e. The average molecular weight is 406 g/mol. The van der Waals surface area contributed by atoms with E-state index >= 15 is 0 Å². The van der Waals surface area contributed by atoms with Gasteiger partial charge in [0.1, 0.15) is 53.3 Å². The summed E-state index contributed by atoms with van der Waals surface area (Å²) in [5.74, 6) is 4.57. The summed E-state index contributed by atoms with van der Waals surface area (Å²) in [6, 6.07) is 22.6. The highest BCUT2D eigenvalue weighted by Crippen LogP contribution is 2.29. The van der Waals surface area contributed by atoms with Crippen LogP contribution < -0.4 is 18.9 Å². The Balaban J connectivity index is 1.13. The van der Waals surface area contributed by atoms with Crippen LogP contribution in [-0.4, -0.2) is 38.6 Å². The van der Waals surface area contributed by atoms with Gasteiger partial charge in [-0.25, -0.2) is 0 Å². The van der Waals surface area contributed by atoms with Crippen molar-refractivity contribution in [2.45, 2.75) is 12.2 Å². The van der Waals surface area contributed by atoms with Crippen LogP contribution in [0.15, 0.2) is 72.8 Å². The molecule has 2 heterocycles. The molecular weight excluding hydrogens is 384 g/mol. The van der Waals surface area contributed by atoms with E-state index in [4.69, 9.17) is 28.4 Å². The zero-order chi connectivity index (χ0) is 20.2. The van der Waals surface area contributed by atoms with Crippen molar-refractivity contribution in [1.29, 1.82) is 0 Å². The third kappa shape index (κ3) is 5.03. The number of hydrogen-bond acceptors (Lipinski definition) is 6. The number of hydrogen-bond donors (Lipinski definition) is 0. The van der Waals surface area contributed by atoms with Crippen LogP contribution in [0, 0.1) is 0 Å². The number of benzene rings is 3. The minimum Gasteiger partial charge on any atom is -0.491 e. The van der Waals surface area contributed by atoms with E-state index in [0.717, 1.165) is 41.1 Å². The Hall–Kier alpha value is -3.22. The largest absolute Gasteiger partial charge is 0.491 e. The van der Waals surface area contributed by atoms with Gasteiger partial charge in [0.2, 0.25) is 0 Å². The van der Waals surface area contributed by atoms with Crippen LogP contribution >= 0.6 is 0 Å². The first-order valence-corrected chi connectivity index (χ1v) is 9.95. The molecule has 0 N–H and O–H groups in total. The van der Waals surface area contributed by atoms with E-state index in [2.05, 4.69) is 0 Å². The molecule has 0 spiro atoms. The highest BCUT2D eigenvalue weighted by atomic mass is 16.6. The van der Waals surface area contributed by atoms with Crippen LogP contribution in [-0.2, 0) is 9.47 Å². The van der Waals surface area contributed by atoms with E-state index in [-0.39, 0.29) is 12.2 Å². The van der Waals surface area contributed by atoms with E-state index < -0.39 is 0 Å². The molecule has 2 aliphatic heterocycles. The van der Waals surface area contributed by atoms with Crippen molar-refractivity contribution in [2.75, 3.05) is 26.4 Å². The van der Waals surface area contributed by atoms with Crippen molar-refractivity contribution in [1.82, 2.24) is 0 Å². The predicted molar refractivity (Wildman–Crippen MR) is 110 cm³/mol. The van der Waals surface area contributed by atoms with Crippen LogP contribution in [0.5, 0.6) is 34.5 Å². The molecule has 1 unspecified atom stereocenters. The fourth-order valence-corrected chi connectivity index (χ4v) is 2.87. The molecule has 0 saturated carbocycles. The number of ether oxygens (including phenoxy) is 6. The van der Waals surface area contributed by atoms with Crippen molar-refractivity contribution < 1.29 is 28.4 Å². The minimum atomic E-state index is 0.158. The summed E-state index contributed by atoms with van der Waals surface area (Å²) >= 11 is 0. The van der Waals surface area contributed by atoms with E-state index in [9.17, 15) is 0 Å². The van der Waals surface area contributed by atoms with Gasteiger partial charge in [-0.15, -0.1) is 0 Å². The maximum absolute atomic E-state index is 5.89. The highest BCUT2D eigenvalue weighted by Gasteiger charge is 2.23. The van der Waals surface area contributed by atoms with Gasteiger partial charge in [0, 0.05) is 0 Å². The van der Waals surface area contributed by atoms with Gasteiger partial charge >= 0.3 is 0 Å². The SMILES string of the molecule is c1cc(Oc2ccc(Oc3ccc(OC4COC4)cc3)cc2)ccc1OCC1CO1. The Labute approximate surface area is 174 Å². The fourth-order valence-electron chi connectivity index (χ4n) is 2.87. The predicted octanol–water partition coefficient (Wildman–Crippen LogP) is 4.83. The lowest BCUT2D eigenvalue weighted by molar-refractivity contribution is -0.0796. The third-order valence-corrected chi connectivity index (χ3v) is 4.69. The second-order valence-corrected chi connectivity index (χ2v) is 7.16. The molecule has 0 bridgehead atoms. The summed E-state index contributed by atoms with van der Waals surface area (Å²) in [5, 5.41) is 0. The first-order chi connectivity index (χ1) is 14.8. The third-order valence-electron chi connectivity index (χ3n) is 4.69. The molecule has 0 aromatic heterocycles. The molecule has 0 aliphatic carbocycles. The Kier molecular flexibility index (Phi) is 5.42. The minimum absolute atomic E-state index is 0.158. The number of rotatable bonds is 9. The number of epoxide rings is 1. The molecule has 0 amide bonds. The van der Waals surface area contributed by atoms with Crippen molar-refractivity contribution in [3.05, 3.63) is 72.8 Å². The topological polar surface area (TPSA) is 58.7 Å². The van der Waals surface area contributed by atoms with Crippen molar-refractivity contribution in [3.8, 4) is 34.5 Å². The van der Waals surface area contributed by atoms with Gasteiger partial charge < -0.3 is 28.4 Å². The summed E-state index contributed by atoms with van der Waals surface area (Å²) in [7, 11) is 0. The first-order valence-electron chi connectivity index (χ1n) is 9.95. The van der Waals surface area contributed by atoms with Crippen molar-refractivity contribution in [3.63, 3.8) is 0 Å². The van der Waals surface area contributed by atoms with Gasteiger partial charge in [-0.2, -0.15) is 0 Å². The quantitative estimate of drug-likeness (QED) is 0.475. The molecule has 3 aromatic rings. The van der Waals surface area contributed by atoms with Gasteiger partial charge in [0.25, 0.3) is 0 Å². The van der Waals surface area contributed by atoms with Crippen LogP contribution in [0.4, 0.5) is 0 Å². The van der Waals surface area contributed by atoms with Crippen LogP contribution in [0.25, 0.3) is 0 Å². The van der Waals surface area contributed by atoms with Crippen molar-refractivity contribution in [2.24, 2.45) is 0 Å². The van der Waals surface area contributed by atoms with Gasteiger partial charge in [0.15, 0.2) is 0 Å². The molecule has 30 heavy (non-hydrogen) atoms. The summed E-state index contributed by atoms with van der Waals surface area (Å²) in [4.78, 5) is 0. The van der Waals surface area contributed by atoms with E-state index in [1.165, 1.54) is 0 Å². The molecule has 2 aliphatic rings. The van der Waals surface area contributed by atoms with Crippen LogP contribution in [0.2, 0.25) is 0 Å². The molecule has 154 valence electrons. The van der Waals surface area contributed by atoms with Gasteiger partial charge in [-0.05, 0) is 72.8 Å². The smallest absolute Gasteiger partial charge is 0.145 e. The lowest BCUT2D eigenvalue weighted by Crippen LogP contribution is -2.38. The Morgan fingerprint density at radius 3 is 1.43 bits per heavy atom. The van der Waals surface area contributed by atoms with E-state index in [1.807, 2.05) is 72.8 Å². The maximum atomic E-state index is 5.89. The van der Waals surface area contributed by atoms with Crippen molar-refractivity contribution >= 4 is 0 Å². The molecule has 2 saturated heterocycles. The molecule has 3 aromatic carbocycles. The highest BCUT2D eigenvalue weighted by molar-refractivity contribution is 5.40. The van der Waals surface area contributed by atoms with E-state index in [1.54, 1.807) is 0 Å². The van der Waals surface area contributed by atoms with Crippen LogP contribution in [0.3, 0.4) is 0 Å². The van der Waals surface area contributed by atoms with Gasteiger partial charge in [-0.3, -0.25) is 0 Å². The molecule has 0 radical (unpaired) electrons. The molecule has 2 fully saturated rings. The standard InChI is InChI=1S/C24H22O6/c1-3-18(4-2-17(1)26-15-23-16-27-23)28-19-5-7-20(8-6-19)29-21-9-11-22(12-10-21)30-24-13-25-14-24/h1-12,23-24H,13-16H2. The molecular formula is C24H22O6. The lowest BCUT2D eigenvalue weighted by Gasteiger charge is -2.26. The van der Waals surface area contributed by atoms with Gasteiger partial charge in [-0.1, -0.05) is 0 Å². The molecule has 6 heteroatoms. The zero-order valence-corrected chi connectivity index (χ0v) is 16.4. The average Bonchev–Trinajstić information content (AvgIpc) is 3.57. The van der Waals surface area contributed by atoms with E-state index in [0.29, 0.717) is 19.8 Å². The molecule has 5 rings (SSSR count). The summed E-state index contributed by atoms with van der Waals surface area (Å²) in [6.45, 7) is 2.69. The molecule has 1 atom stereocenters. The second-order valence-electron chi connectivity index (χ2n) is 7.16. The Morgan fingerprint density at radius 1 is 0.600 bits per heavy atom. The first kappa shape index (κ1) is 18.8. The lowest BCUT2D eigenvalue weighted by atomic mass is 10.3. The Morgan fingerprint density at radius 2 is 1.03 bits per heavy atom. The summed E-state index contributed by atoms with van der Waals surface area (Å²) in [6.07, 6.45) is 0.403. The zero-order valence-electron chi connectivity index (χ0n) is 16.4. The fraction of sp³-hybridized carbons (Fsp3) is 0.250. The monoisotopic (exact) mass is 406 g/mol. The second kappa shape index (κ2) is 8.65. The van der Waals surface area contributed by atoms with Crippen LogP contribution in [0.1, 0.15) is 0 Å². The summed E-state index contributed by atoms with van der Waals surface area (Å²) < 4.78 is 33.4. The normalized spacial score (nSPS) is 17.7. The van der Waals surface area contributed by atoms with Gasteiger partial charge in [0.05, 0.1) is 19.8 Å². The Bertz CT molecular complexity index is 944. The summed E-state index contributed by atoms with van der Waals surface area (Å²) in [5.41, 5.74) is 0.